The summed E-state index contributed by atoms with van der Waals surface area (Å²) in [7, 11) is 0. The summed E-state index contributed by atoms with van der Waals surface area (Å²) in [6.45, 7) is 2.55. The van der Waals surface area contributed by atoms with Gasteiger partial charge in [0.15, 0.2) is 11.6 Å². The molecule has 0 saturated heterocycles. The summed E-state index contributed by atoms with van der Waals surface area (Å²) in [4.78, 5) is 11.7. The second kappa shape index (κ2) is 7.54. The molecule has 2 aromatic rings. The molecular weight excluding hydrogens is 286 g/mol. The van der Waals surface area contributed by atoms with E-state index in [1.807, 2.05) is 24.3 Å². The van der Waals surface area contributed by atoms with Gasteiger partial charge in [0, 0.05) is 30.4 Å². The van der Waals surface area contributed by atoms with Crippen LogP contribution < -0.4 is 10.6 Å². The Labute approximate surface area is 128 Å². The largest absolute Gasteiger partial charge is 0.385 e. The van der Waals surface area contributed by atoms with E-state index in [0.29, 0.717) is 6.54 Å². The van der Waals surface area contributed by atoms with Gasteiger partial charge in [0.25, 0.3) is 0 Å². The van der Waals surface area contributed by atoms with Gasteiger partial charge >= 0.3 is 0 Å². The van der Waals surface area contributed by atoms with Crippen LogP contribution in [0.3, 0.4) is 0 Å². The quantitative estimate of drug-likeness (QED) is 0.848. The van der Waals surface area contributed by atoms with Gasteiger partial charge in [0.1, 0.15) is 0 Å². The van der Waals surface area contributed by atoms with Gasteiger partial charge in [-0.3, -0.25) is 4.79 Å². The number of anilines is 2. The van der Waals surface area contributed by atoms with Crippen LogP contribution in [0, 0.1) is 11.6 Å². The van der Waals surface area contributed by atoms with Crippen molar-refractivity contribution in [1.29, 1.82) is 0 Å². The summed E-state index contributed by atoms with van der Waals surface area (Å²) >= 11 is 0. The van der Waals surface area contributed by atoms with E-state index < -0.39 is 11.6 Å². The lowest BCUT2D eigenvalue weighted by molar-refractivity contribution is -0.115. The number of aryl methyl sites for hydroxylation is 1. The van der Waals surface area contributed by atoms with Gasteiger partial charge in [-0.2, -0.15) is 0 Å². The number of benzene rings is 2. The Morgan fingerprint density at radius 2 is 1.68 bits per heavy atom. The summed E-state index contributed by atoms with van der Waals surface area (Å²) in [5.74, 6) is -2.18. The highest BCUT2D eigenvalue weighted by atomic mass is 19.2. The fourth-order valence-corrected chi connectivity index (χ4v) is 1.98. The maximum absolute atomic E-state index is 13.0. The van der Waals surface area contributed by atoms with Gasteiger partial charge in [-0.15, -0.1) is 0 Å². The zero-order valence-corrected chi connectivity index (χ0v) is 12.3. The summed E-state index contributed by atoms with van der Waals surface area (Å²) < 4.78 is 25.8. The molecule has 0 unspecified atom stereocenters. The van der Waals surface area contributed by atoms with Crippen LogP contribution >= 0.6 is 0 Å². The molecule has 0 atom stereocenters. The highest BCUT2D eigenvalue weighted by Crippen LogP contribution is 2.13. The summed E-state index contributed by atoms with van der Waals surface area (Å²) in [6, 6.07) is 11.3. The number of hydrogen-bond acceptors (Lipinski definition) is 2. The minimum Gasteiger partial charge on any atom is -0.385 e. The lowest BCUT2D eigenvalue weighted by Crippen LogP contribution is -2.16. The Balaban J connectivity index is 1.78. The molecule has 2 aromatic carbocycles. The van der Waals surface area contributed by atoms with Gasteiger partial charge in [0.2, 0.25) is 5.91 Å². The molecule has 0 aliphatic heterocycles. The smallest absolute Gasteiger partial charge is 0.226 e. The van der Waals surface area contributed by atoms with Crippen molar-refractivity contribution >= 4 is 17.3 Å². The Hall–Kier alpha value is -2.43. The molecule has 5 heteroatoms. The van der Waals surface area contributed by atoms with Crippen LogP contribution in [0.2, 0.25) is 0 Å². The van der Waals surface area contributed by atoms with Gasteiger partial charge in [-0.1, -0.05) is 19.1 Å². The molecule has 2 rings (SSSR count). The summed E-state index contributed by atoms with van der Waals surface area (Å²) in [5, 5.41) is 5.67. The predicted molar refractivity (Wildman–Crippen MR) is 83.9 cm³/mol. The third-order valence-corrected chi connectivity index (χ3v) is 3.25. The number of nitrogens with one attached hydrogen (secondary N) is 2. The third kappa shape index (κ3) is 4.55. The molecule has 0 bridgehead atoms. The Morgan fingerprint density at radius 1 is 1.00 bits per heavy atom. The van der Waals surface area contributed by atoms with E-state index in [4.69, 9.17) is 0 Å². The molecule has 3 nitrogen and oxygen atoms in total. The van der Waals surface area contributed by atoms with E-state index in [1.54, 1.807) is 0 Å². The number of hydrogen-bond donors (Lipinski definition) is 2. The minimum atomic E-state index is -0.980. The van der Waals surface area contributed by atoms with Crippen LogP contribution in [0.25, 0.3) is 0 Å². The molecule has 0 aliphatic carbocycles. The average molecular weight is 304 g/mol. The van der Waals surface area contributed by atoms with Crippen LogP contribution in [0.5, 0.6) is 0 Å². The topological polar surface area (TPSA) is 41.1 Å². The minimum absolute atomic E-state index is 0.231. The van der Waals surface area contributed by atoms with Crippen LogP contribution in [-0.4, -0.2) is 12.5 Å². The number of halogens is 2. The Bertz CT molecular complexity index is 642. The first-order valence-electron chi connectivity index (χ1n) is 7.16. The molecule has 0 aliphatic rings. The first-order chi connectivity index (χ1) is 10.6. The Morgan fingerprint density at radius 3 is 2.32 bits per heavy atom. The van der Waals surface area contributed by atoms with Crippen molar-refractivity contribution in [3.05, 3.63) is 59.7 Å². The van der Waals surface area contributed by atoms with Crippen LogP contribution in [0.1, 0.15) is 18.9 Å². The molecule has 0 fully saturated rings. The molecule has 116 valence electrons. The summed E-state index contributed by atoms with van der Waals surface area (Å²) in [6.07, 6.45) is 1.21. The molecule has 0 spiro atoms. The fraction of sp³-hybridized carbons (Fsp3) is 0.235. The second-order valence-corrected chi connectivity index (χ2v) is 4.90. The maximum Gasteiger partial charge on any atom is 0.226 e. The molecule has 2 N–H and O–H groups in total. The second-order valence-electron chi connectivity index (χ2n) is 4.90. The molecule has 0 radical (unpaired) electrons. The summed E-state index contributed by atoms with van der Waals surface area (Å²) in [5.41, 5.74) is 2.44. The molecular formula is C17H18F2N2O. The van der Waals surface area contributed by atoms with Gasteiger partial charge in [0.05, 0.1) is 0 Å². The van der Waals surface area contributed by atoms with Crippen molar-refractivity contribution in [2.45, 2.75) is 19.8 Å². The van der Waals surface area contributed by atoms with Gasteiger partial charge in [-0.05, 0) is 36.2 Å². The van der Waals surface area contributed by atoms with E-state index in [-0.39, 0.29) is 18.0 Å². The lowest BCUT2D eigenvalue weighted by atomic mass is 10.1. The first-order valence-corrected chi connectivity index (χ1v) is 7.16. The van der Waals surface area contributed by atoms with E-state index in [2.05, 4.69) is 17.6 Å². The zero-order valence-electron chi connectivity index (χ0n) is 12.3. The number of amides is 1. The van der Waals surface area contributed by atoms with Crippen LogP contribution in [0.15, 0.2) is 42.5 Å². The number of rotatable bonds is 6. The fourth-order valence-electron chi connectivity index (χ4n) is 1.98. The van der Waals surface area contributed by atoms with Crippen molar-refractivity contribution in [1.82, 2.24) is 0 Å². The van der Waals surface area contributed by atoms with E-state index in [9.17, 15) is 13.6 Å². The SMILES string of the molecule is CCc1ccc(NCCC(=O)Nc2ccc(F)c(F)c2)cc1. The van der Waals surface area contributed by atoms with Crippen molar-refractivity contribution in [3.63, 3.8) is 0 Å². The zero-order chi connectivity index (χ0) is 15.9. The standard InChI is InChI=1S/C17H18F2N2O/c1-2-12-3-5-13(6-4-12)20-10-9-17(22)21-14-7-8-15(18)16(19)11-14/h3-8,11,20H,2,9-10H2,1H3,(H,21,22). The molecule has 0 heterocycles. The molecule has 0 aromatic heterocycles. The van der Waals surface area contributed by atoms with Crippen molar-refractivity contribution < 1.29 is 13.6 Å². The highest BCUT2D eigenvalue weighted by molar-refractivity contribution is 5.90. The average Bonchev–Trinajstić information content (AvgIpc) is 2.51. The number of carbonyl (C=O) groups excluding carboxylic acids is 1. The van der Waals surface area contributed by atoms with E-state index in [0.717, 1.165) is 24.2 Å². The van der Waals surface area contributed by atoms with Crippen molar-refractivity contribution in [2.75, 3.05) is 17.2 Å². The van der Waals surface area contributed by atoms with Crippen molar-refractivity contribution in [3.8, 4) is 0 Å². The predicted octanol–water partition coefficient (Wildman–Crippen LogP) is 3.97. The number of carbonyl (C=O) groups is 1. The van der Waals surface area contributed by atoms with Crippen LogP contribution in [0.4, 0.5) is 20.2 Å². The highest BCUT2D eigenvalue weighted by Gasteiger charge is 2.06. The van der Waals surface area contributed by atoms with Crippen molar-refractivity contribution in [2.24, 2.45) is 0 Å². The van der Waals surface area contributed by atoms with Gasteiger partial charge in [-0.25, -0.2) is 8.78 Å². The maximum atomic E-state index is 13.0. The molecule has 22 heavy (non-hydrogen) atoms. The first kappa shape index (κ1) is 15.9. The normalized spacial score (nSPS) is 10.3. The molecule has 0 saturated carbocycles. The molecule has 1 amide bonds. The van der Waals surface area contributed by atoms with E-state index in [1.165, 1.54) is 11.6 Å². The van der Waals surface area contributed by atoms with Gasteiger partial charge < -0.3 is 10.6 Å². The Kier molecular flexibility index (Phi) is 5.47. The monoisotopic (exact) mass is 304 g/mol. The third-order valence-electron chi connectivity index (χ3n) is 3.25. The van der Waals surface area contributed by atoms with Crippen LogP contribution in [-0.2, 0) is 11.2 Å². The van der Waals surface area contributed by atoms with E-state index >= 15 is 0 Å². The lowest BCUT2D eigenvalue weighted by Gasteiger charge is -2.08.